The molecule has 0 saturated heterocycles. The number of ether oxygens (including phenoxy) is 1. The van der Waals surface area contributed by atoms with E-state index in [1.54, 1.807) is 7.11 Å². The standard InChI is InChI=1S/C16H16O2/c1-18-12-15(13-8-4-2-5-9-13)16(17)14-10-6-3-7-11-14/h2-11,17H,12H2,1H3. The van der Waals surface area contributed by atoms with Crippen molar-refractivity contribution in [3.63, 3.8) is 0 Å². The lowest BCUT2D eigenvalue weighted by atomic mass is 10.0. The van der Waals surface area contributed by atoms with Gasteiger partial charge in [-0.25, -0.2) is 0 Å². The molecule has 0 aliphatic carbocycles. The van der Waals surface area contributed by atoms with Crippen molar-refractivity contribution in [3.8, 4) is 0 Å². The summed E-state index contributed by atoms with van der Waals surface area (Å²) >= 11 is 0. The number of aliphatic hydroxyl groups excluding tert-OH is 1. The van der Waals surface area contributed by atoms with Gasteiger partial charge in [-0.2, -0.15) is 0 Å². The van der Waals surface area contributed by atoms with Gasteiger partial charge in [0.2, 0.25) is 0 Å². The SMILES string of the molecule is COCC(=C(O)c1ccccc1)c1ccccc1. The molecule has 0 fully saturated rings. The topological polar surface area (TPSA) is 29.5 Å². The maximum absolute atomic E-state index is 10.4. The van der Waals surface area contributed by atoms with Gasteiger partial charge < -0.3 is 9.84 Å². The average molecular weight is 240 g/mol. The van der Waals surface area contributed by atoms with Crippen LogP contribution in [0.25, 0.3) is 11.3 Å². The van der Waals surface area contributed by atoms with E-state index in [4.69, 9.17) is 4.74 Å². The Balaban J connectivity index is 2.47. The zero-order valence-electron chi connectivity index (χ0n) is 10.3. The van der Waals surface area contributed by atoms with Crippen LogP contribution in [0.2, 0.25) is 0 Å². The lowest BCUT2D eigenvalue weighted by Gasteiger charge is -2.10. The summed E-state index contributed by atoms with van der Waals surface area (Å²) in [5.74, 6) is 0.267. The van der Waals surface area contributed by atoms with Crippen molar-refractivity contribution in [3.05, 3.63) is 71.8 Å². The molecule has 2 aromatic rings. The Hall–Kier alpha value is -2.06. The summed E-state index contributed by atoms with van der Waals surface area (Å²) in [6.45, 7) is 0.380. The fourth-order valence-electron chi connectivity index (χ4n) is 1.84. The summed E-state index contributed by atoms with van der Waals surface area (Å²) in [6.07, 6.45) is 0. The van der Waals surface area contributed by atoms with Crippen LogP contribution >= 0.6 is 0 Å². The molecule has 2 nitrogen and oxygen atoms in total. The Bertz CT molecular complexity index is 515. The van der Waals surface area contributed by atoms with Gasteiger partial charge in [0.25, 0.3) is 0 Å². The van der Waals surface area contributed by atoms with Crippen LogP contribution in [0.4, 0.5) is 0 Å². The summed E-state index contributed by atoms with van der Waals surface area (Å²) in [4.78, 5) is 0. The highest BCUT2D eigenvalue weighted by Gasteiger charge is 2.09. The smallest absolute Gasteiger partial charge is 0.128 e. The number of rotatable bonds is 4. The first-order valence-corrected chi connectivity index (χ1v) is 5.85. The Kier molecular flexibility index (Phi) is 4.15. The van der Waals surface area contributed by atoms with E-state index in [-0.39, 0.29) is 5.76 Å². The second-order valence-corrected chi connectivity index (χ2v) is 3.99. The number of benzene rings is 2. The normalized spacial score (nSPS) is 12.1. The minimum atomic E-state index is 0.267. The fourth-order valence-corrected chi connectivity index (χ4v) is 1.84. The molecule has 0 unspecified atom stereocenters. The predicted octanol–water partition coefficient (Wildman–Crippen LogP) is 3.76. The molecule has 0 saturated carbocycles. The Morgan fingerprint density at radius 1 is 0.889 bits per heavy atom. The summed E-state index contributed by atoms with van der Waals surface area (Å²) in [5, 5.41) is 10.4. The van der Waals surface area contributed by atoms with Crippen LogP contribution in [0.5, 0.6) is 0 Å². The van der Waals surface area contributed by atoms with Crippen molar-refractivity contribution in [2.24, 2.45) is 0 Å². The van der Waals surface area contributed by atoms with E-state index in [1.807, 2.05) is 60.7 Å². The molecule has 2 rings (SSSR count). The molecule has 0 heterocycles. The monoisotopic (exact) mass is 240 g/mol. The van der Waals surface area contributed by atoms with Crippen molar-refractivity contribution < 1.29 is 9.84 Å². The highest BCUT2D eigenvalue weighted by Crippen LogP contribution is 2.24. The van der Waals surface area contributed by atoms with Crippen LogP contribution in [0.15, 0.2) is 60.7 Å². The third-order valence-corrected chi connectivity index (χ3v) is 2.74. The number of hydrogen-bond donors (Lipinski definition) is 1. The number of methoxy groups -OCH3 is 1. The van der Waals surface area contributed by atoms with Crippen LogP contribution in [0.1, 0.15) is 11.1 Å². The van der Waals surface area contributed by atoms with Crippen LogP contribution < -0.4 is 0 Å². The van der Waals surface area contributed by atoms with Crippen molar-refractivity contribution >= 4 is 11.3 Å². The van der Waals surface area contributed by atoms with Crippen molar-refractivity contribution in [2.75, 3.05) is 13.7 Å². The molecule has 0 aliphatic rings. The summed E-state index contributed by atoms with van der Waals surface area (Å²) in [7, 11) is 1.63. The maximum Gasteiger partial charge on any atom is 0.128 e. The van der Waals surface area contributed by atoms with E-state index < -0.39 is 0 Å². The van der Waals surface area contributed by atoms with E-state index >= 15 is 0 Å². The Labute approximate surface area is 107 Å². The van der Waals surface area contributed by atoms with E-state index in [9.17, 15) is 5.11 Å². The first-order chi connectivity index (χ1) is 8.83. The van der Waals surface area contributed by atoms with E-state index in [0.717, 1.165) is 16.7 Å². The van der Waals surface area contributed by atoms with Gasteiger partial charge in [0, 0.05) is 18.2 Å². The van der Waals surface area contributed by atoms with Crippen LogP contribution in [-0.2, 0) is 4.74 Å². The number of aliphatic hydroxyl groups is 1. The molecular formula is C16H16O2. The molecule has 2 heteroatoms. The molecule has 0 aromatic heterocycles. The zero-order valence-corrected chi connectivity index (χ0v) is 10.3. The largest absolute Gasteiger partial charge is 0.507 e. The van der Waals surface area contributed by atoms with Gasteiger partial charge >= 0.3 is 0 Å². The second-order valence-electron chi connectivity index (χ2n) is 3.99. The minimum Gasteiger partial charge on any atom is -0.507 e. The molecule has 0 amide bonds. The molecule has 0 bridgehead atoms. The highest BCUT2D eigenvalue weighted by molar-refractivity contribution is 5.87. The molecule has 1 N–H and O–H groups in total. The first kappa shape index (κ1) is 12.4. The molecule has 18 heavy (non-hydrogen) atoms. The van der Waals surface area contributed by atoms with Crippen LogP contribution in [0, 0.1) is 0 Å². The van der Waals surface area contributed by atoms with E-state index in [1.165, 1.54) is 0 Å². The van der Waals surface area contributed by atoms with Gasteiger partial charge in [0.05, 0.1) is 6.61 Å². The lowest BCUT2D eigenvalue weighted by Crippen LogP contribution is -1.98. The molecule has 2 aromatic carbocycles. The minimum absolute atomic E-state index is 0.267. The lowest BCUT2D eigenvalue weighted by molar-refractivity contribution is 0.239. The van der Waals surface area contributed by atoms with Gasteiger partial charge in [0.15, 0.2) is 0 Å². The molecular weight excluding hydrogens is 224 g/mol. The van der Waals surface area contributed by atoms with Gasteiger partial charge in [-0.1, -0.05) is 60.7 Å². The fraction of sp³-hybridized carbons (Fsp3) is 0.125. The summed E-state index contributed by atoms with van der Waals surface area (Å²) in [6, 6.07) is 19.3. The van der Waals surface area contributed by atoms with Gasteiger partial charge in [0.1, 0.15) is 5.76 Å². The highest BCUT2D eigenvalue weighted by atomic mass is 16.5. The van der Waals surface area contributed by atoms with E-state index in [2.05, 4.69) is 0 Å². The van der Waals surface area contributed by atoms with Crippen molar-refractivity contribution in [1.29, 1.82) is 0 Å². The predicted molar refractivity (Wildman–Crippen MR) is 74.2 cm³/mol. The molecule has 92 valence electrons. The first-order valence-electron chi connectivity index (χ1n) is 5.85. The summed E-state index contributed by atoms with van der Waals surface area (Å²) in [5.41, 5.74) is 2.57. The molecule has 0 spiro atoms. The van der Waals surface area contributed by atoms with Gasteiger partial charge in [-0.05, 0) is 5.56 Å². The van der Waals surface area contributed by atoms with Crippen molar-refractivity contribution in [2.45, 2.75) is 0 Å². The van der Waals surface area contributed by atoms with Crippen LogP contribution in [-0.4, -0.2) is 18.8 Å². The molecule has 0 aliphatic heterocycles. The number of hydrogen-bond acceptors (Lipinski definition) is 2. The second kappa shape index (κ2) is 6.03. The zero-order chi connectivity index (χ0) is 12.8. The third kappa shape index (κ3) is 2.79. The van der Waals surface area contributed by atoms with Gasteiger partial charge in [-0.3, -0.25) is 0 Å². The van der Waals surface area contributed by atoms with E-state index in [0.29, 0.717) is 6.61 Å². The quantitative estimate of drug-likeness (QED) is 0.651. The van der Waals surface area contributed by atoms with Crippen molar-refractivity contribution in [1.82, 2.24) is 0 Å². The Morgan fingerprint density at radius 3 is 1.89 bits per heavy atom. The molecule has 0 radical (unpaired) electrons. The van der Waals surface area contributed by atoms with Gasteiger partial charge in [-0.15, -0.1) is 0 Å². The summed E-state index contributed by atoms with van der Waals surface area (Å²) < 4.78 is 5.18. The average Bonchev–Trinajstić information content (AvgIpc) is 2.46. The third-order valence-electron chi connectivity index (χ3n) is 2.74. The van der Waals surface area contributed by atoms with Crippen LogP contribution in [0.3, 0.4) is 0 Å². The Morgan fingerprint density at radius 2 is 1.39 bits per heavy atom. The maximum atomic E-state index is 10.4. The molecule has 0 atom stereocenters.